The average Bonchev–Trinajstić information content (AvgIpc) is 2.50. The van der Waals surface area contributed by atoms with Crippen LogP contribution in [0.1, 0.15) is 12.8 Å². The lowest BCUT2D eigenvalue weighted by Gasteiger charge is -2.19. The van der Waals surface area contributed by atoms with E-state index in [4.69, 9.17) is 11.6 Å². The lowest BCUT2D eigenvalue weighted by atomic mass is 10.4. The van der Waals surface area contributed by atoms with Crippen LogP contribution >= 0.6 is 0 Å². The predicted molar refractivity (Wildman–Crippen MR) is 45.8 cm³/mol. The molecule has 0 radical (unpaired) electrons. The summed E-state index contributed by atoms with van der Waals surface area (Å²) < 4.78 is 0. The van der Waals surface area contributed by atoms with Crippen molar-refractivity contribution < 1.29 is 0 Å². The van der Waals surface area contributed by atoms with Crippen LogP contribution in [0.3, 0.4) is 0 Å². The number of hydrazone groups is 1. The summed E-state index contributed by atoms with van der Waals surface area (Å²) >= 11 is 0. The van der Waals surface area contributed by atoms with E-state index in [0.717, 1.165) is 30.9 Å². The second-order valence-corrected chi connectivity index (χ2v) is 2.57. The molecule has 0 saturated carbocycles. The lowest BCUT2D eigenvalue weighted by molar-refractivity contribution is 0.545. The highest BCUT2D eigenvalue weighted by atomic mass is 15.3. The molecule has 0 aromatic rings. The fraction of sp³-hybridized carbons (Fsp3) is 0.571. The molecule has 0 aromatic heterocycles. The van der Waals surface area contributed by atoms with Gasteiger partial charge in [0.1, 0.15) is 5.84 Å². The molecule has 62 valence electrons. The quantitative estimate of drug-likeness (QED) is 0.428. The summed E-state index contributed by atoms with van der Waals surface area (Å²) in [7, 11) is 0. The zero-order valence-corrected chi connectivity index (χ0v) is 6.58. The van der Waals surface area contributed by atoms with Gasteiger partial charge in [0.05, 0.1) is 0 Å². The molecule has 0 aliphatic carbocycles. The molecule has 4 N–H and O–H groups in total. The number of likely N-dealkylation sites (tertiary alicyclic amines) is 1. The van der Waals surface area contributed by atoms with Crippen LogP contribution in [0.2, 0.25) is 0 Å². The minimum Gasteiger partial charge on any atom is -0.331 e. The van der Waals surface area contributed by atoms with Crippen LogP contribution in [0.4, 0.5) is 0 Å². The van der Waals surface area contributed by atoms with Crippen molar-refractivity contribution in [2.45, 2.75) is 12.8 Å². The molecule has 0 atom stereocenters. The molecule has 0 spiro atoms. The maximum atomic E-state index is 5.43. The first-order chi connectivity index (χ1) is 5.29. The smallest absolute Gasteiger partial charge is 0.128 e. The first-order valence-corrected chi connectivity index (χ1v) is 3.71. The van der Waals surface area contributed by atoms with Crippen LogP contribution in [0.25, 0.3) is 0 Å². The van der Waals surface area contributed by atoms with E-state index in [1.165, 1.54) is 0 Å². The summed E-state index contributed by atoms with van der Waals surface area (Å²) in [5.41, 5.74) is 6.33. The van der Waals surface area contributed by atoms with E-state index in [2.05, 4.69) is 11.7 Å². The number of rotatable bonds is 2. The SMILES string of the molecule is C=C(CN)N1CCC/C1=N/N. The summed E-state index contributed by atoms with van der Waals surface area (Å²) in [6, 6.07) is 0. The van der Waals surface area contributed by atoms with Crippen LogP contribution in [-0.4, -0.2) is 23.8 Å². The number of nitrogens with zero attached hydrogens (tertiary/aromatic N) is 2. The van der Waals surface area contributed by atoms with Crippen LogP contribution in [0.15, 0.2) is 17.4 Å². The van der Waals surface area contributed by atoms with E-state index in [-0.39, 0.29) is 0 Å². The van der Waals surface area contributed by atoms with Gasteiger partial charge >= 0.3 is 0 Å². The van der Waals surface area contributed by atoms with E-state index in [9.17, 15) is 0 Å². The van der Waals surface area contributed by atoms with Crippen molar-refractivity contribution in [3.63, 3.8) is 0 Å². The summed E-state index contributed by atoms with van der Waals surface area (Å²) in [6.45, 7) is 5.24. The van der Waals surface area contributed by atoms with Gasteiger partial charge in [-0.05, 0) is 6.42 Å². The molecule has 1 rings (SSSR count). The highest BCUT2D eigenvalue weighted by molar-refractivity contribution is 5.85. The summed E-state index contributed by atoms with van der Waals surface area (Å²) in [6.07, 6.45) is 2.03. The summed E-state index contributed by atoms with van der Waals surface area (Å²) in [5.74, 6) is 6.08. The van der Waals surface area contributed by atoms with Crippen LogP contribution in [-0.2, 0) is 0 Å². The topological polar surface area (TPSA) is 67.6 Å². The Bertz CT molecular complexity index is 185. The van der Waals surface area contributed by atoms with Crippen LogP contribution in [0.5, 0.6) is 0 Å². The second kappa shape index (κ2) is 3.39. The minimum atomic E-state index is 0.471. The fourth-order valence-electron chi connectivity index (χ4n) is 1.24. The molecule has 11 heavy (non-hydrogen) atoms. The Hall–Kier alpha value is -1.03. The Kier molecular flexibility index (Phi) is 2.48. The van der Waals surface area contributed by atoms with Crippen molar-refractivity contribution in [3.8, 4) is 0 Å². The Morgan fingerprint density at radius 2 is 2.45 bits per heavy atom. The molecule has 1 fully saturated rings. The van der Waals surface area contributed by atoms with Crippen LogP contribution in [0, 0.1) is 0 Å². The molecule has 0 unspecified atom stereocenters. The molecule has 0 amide bonds. The Balaban J connectivity index is 2.64. The van der Waals surface area contributed by atoms with Gasteiger partial charge < -0.3 is 16.5 Å². The van der Waals surface area contributed by atoms with Crippen molar-refractivity contribution >= 4 is 5.84 Å². The number of amidine groups is 1. The minimum absolute atomic E-state index is 0.471. The maximum absolute atomic E-state index is 5.43. The van der Waals surface area contributed by atoms with Gasteiger partial charge in [-0.1, -0.05) is 6.58 Å². The molecule has 4 nitrogen and oxygen atoms in total. The third-order valence-electron chi connectivity index (χ3n) is 1.86. The summed E-state index contributed by atoms with van der Waals surface area (Å²) in [5, 5.41) is 3.66. The molecular weight excluding hydrogens is 140 g/mol. The molecular formula is C7H14N4. The highest BCUT2D eigenvalue weighted by Crippen LogP contribution is 2.14. The van der Waals surface area contributed by atoms with Gasteiger partial charge in [0, 0.05) is 25.2 Å². The Labute approximate surface area is 66.5 Å². The third kappa shape index (κ3) is 1.51. The number of nitrogens with two attached hydrogens (primary N) is 2. The zero-order valence-electron chi connectivity index (χ0n) is 6.58. The third-order valence-corrected chi connectivity index (χ3v) is 1.86. The normalized spacial score (nSPS) is 21.2. The number of hydrogen-bond acceptors (Lipinski definition) is 3. The molecule has 1 saturated heterocycles. The van der Waals surface area contributed by atoms with Gasteiger partial charge in [0.25, 0.3) is 0 Å². The van der Waals surface area contributed by atoms with E-state index in [1.54, 1.807) is 0 Å². The van der Waals surface area contributed by atoms with E-state index in [1.807, 2.05) is 4.90 Å². The van der Waals surface area contributed by atoms with Crippen molar-refractivity contribution in [1.82, 2.24) is 4.90 Å². The van der Waals surface area contributed by atoms with Gasteiger partial charge in [-0.15, -0.1) is 0 Å². The first kappa shape index (κ1) is 8.07. The van der Waals surface area contributed by atoms with Crippen molar-refractivity contribution in [2.75, 3.05) is 13.1 Å². The van der Waals surface area contributed by atoms with Gasteiger partial charge in [-0.3, -0.25) is 0 Å². The Morgan fingerprint density at radius 1 is 1.73 bits per heavy atom. The monoisotopic (exact) mass is 154 g/mol. The zero-order chi connectivity index (χ0) is 8.27. The molecule has 1 aliphatic heterocycles. The number of hydrogen-bond donors (Lipinski definition) is 2. The molecule has 0 aromatic carbocycles. The van der Waals surface area contributed by atoms with Crippen molar-refractivity contribution in [3.05, 3.63) is 12.3 Å². The predicted octanol–water partition coefficient (Wildman–Crippen LogP) is -0.173. The van der Waals surface area contributed by atoms with Gasteiger partial charge in [0.15, 0.2) is 0 Å². The summed E-state index contributed by atoms with van der Waals surface area (Å²) in [4.78, 5) is 1.99. The van der Waals surface area contributed by atoms with Gasteiger partial charge in [0.2, 0.25) is 0 Å². The fourth-order valence-corrected chi connectivity index (χ4v) is 1.24. The van der Waals surface area contributed by atoms with Crippen molar-refractivity contribution in [2.24, 2.45) is 16.7 Å². The largest absolute Gasteiger partial charge is 0.331 e. The van der Waals surface area contributed by atoms with E-state index in [0.29, 0.717) is 6.54 Å². The second-order valence-electron chi connectivity index (χ2n) is 2.57. The van der Waals surface area contributed by atoms with Crippen molar-refractivity contribution in [1.29, 1.82) is 0 Å². The van der Waals surface area contributed by atoms with Crippen LogP contribution < -0.4 is 11.6 Å². The average molecular weight is 154 g/mol. The van der Waals surface area contributed by atoms with E-state index < -0.39 is 0 Å². The Morgan fingerprint density at radius 3 is 3.00 bits per heavy atom. The first-order valence-electron chi connectivity index (χ1n) is 3.71. The maximum Gasteiger partial charge on any atom is 0.128 e. The van der Waals surface area contributed by atoms with E-state index >= 15 is 0 Å². The molecule has 4 heteroatoms. The standard InChI is InChI=1S/C7H14N4/c1-6(5-8)11-4-2-3-7(11)10-9/h1-5,8-9H2/b10-7-. The molecule has 0 bridgehead atoms. The van der Waals surface area contributed by atoms with Gasteiger partial charge in [-0.25, -0.2) is 0 Å². The molecule has 1 heterocycles. The highest BCUT2D eigenvalue weighted by Gasteiger charge is 2.19. The van der Waals surface area contributed by atoms with Gasteiger partial charge in [-0.2, -0.15) is 5.10 Å². The lowest BCUT2D eigenvalue weighted by Crippen LogP contribution is -2.28. The molecule has 1 aliphatic rings.